The molecule has 5 aromatic rings. The van der Waals surface area contributed by atoms with E-state index in [0.29, 0.717) is 73.9 Å². The van der Waals surface area contributed by atoms with E-state index in [1.54, 1.807) is 0 Å². The summed E-state index contributed by atoms with van der Waals surface area (Å²) in [5, 5.41) is 2.13. The Kier molecular flexibility index (Phi) is 19.5. The number of unbranched alkanes of at least 4 members (excludes halogenated alkanes) is 18. The molecule has 0 radical (unpaired) electrons. The summed E-state index contributed by atoms with van der Waals surface area (Å²) < 4.78 is 43.7. The molecule has 2 aromatic carbocycles. The molecular formula is C57H81N3O8. The van der Waals surface area contributed by atoms with Gasteiger partial charge < -0.3 is 42.1 Å². The number of carbonyl (C=O) groups excluding carboxylic acids is 2. The van der Waals surface area contributed by atoms with E-state index in [9.17, 15) is 9.59 Å². The molecule has 0 fully saturated rings. The molecule has 2 aliphatic rings. The standard InChI is InChI=1S/C57H81N3O8/c1-6-10-12-14-16-18-20-22-24-26-34-59-48(52-54(67-38-28-36-65-52)50(59)56(61)63-8-3)42-30-32-46-44(40-42)45-41-43(31-33-47(45)58(46)5)49-53-55(68-39-29-37-66-53)51(57(62)64-9-4)60(49)35-27-25-23-21-19-17-15-13-11-7-2/h30-33,40-41H,6-29,34-39H2,1-5H3. The Morgan fingerprint density at radius 1 is 0.471 bits per heavy atom. The van der Waals surface area contributed by atoms with Crippen LogP contribution in [0.4, 0.5) is 0 Å². The van der Waals surface area contributed by atoms with Gasteiger partial charge in [-0.25, -0.2) is 9.59 Å². The fraction of sp³-hybridized carbons (Fsp3) is 0.614. The normalized spacial score (nSPS) is 13.5. The molecular weight excluding hydrogens is 855 g/mol. The van der Waals surface area contributed by atoms with Crippen LogP contribution in [0.25, 0.3) is 44.3 Å². The average Bonchev–Trinajstić information content (AvgIpc) is 3.71. The van der Waals surface area contributed by atoms with Crippen molar-refractivity contribution in [2.75, 3.05) is 39.6 Å². The van der Waals surface area contributed by atoms with Crippen LogP contribution in [0.5, 0.6) is 23.0 Å². The van der Waals surface area contributed by atoms with Crippen molar-refractivity contribution in [2.24, 2.45) is 7.05 Å². The highest BCUT2D eigenvalue weighted by Crippen LogP contribution is 2.49. The molecule has 0 N–H and O–H groups in total. The second-order valence-corrected chi connectivity index (χ2v) is 18.9. The van der Waals surface area contributed by atoms with E-state index in [4.69, 9.17) is 28.4 Å². The lowest BCUT2D eigenvalue weighted by molar-refractivity contribution is 0.0499. The molecule has 68 heavy (non-hydrogen) atoms. The maximum atomic E-state index is 13.9. The van der Waals surface area contributed by atoms with Crippen molar-refractivity contribution in [1.82, 2.24) is 13.7 Å². The first-order valence-corrected chi connectivity index (χ1v) is 26.8. The van der Waals surface area contributed by atoms with E-state index in [1.165, 1.54) is 103 Å². The van der Waals surface area contributed by atoms with E-state index in [2.05, 4.69) is 71.0 Å². The van der Waals surface area contributed by atoms with Crippen molar-refractivity contribution < 1.29 is 38.0 Å². The number of rotatable bonds is 28. The van der Waals surface area contributed by atoms with Crippen LogP contribution < -0.4 is 18.9 Å². The Morgan fingerprint density at radius 3 is 1.16 bits per heavy atom. The molecule has 3 aromatic heterocycles. The number of hydrogen-bond donors (Lipinski definition) is 0. The topological polar surface area (TPSA) is 104 Å². The number of aromatic nitrogens is 3. The molecule has 2 aliphatic heterocycles. The summed E-state index contributed by atoms with van der Waals surface area (Å²) in [4.78, 5) is 27.8. The number of fused-ring (bicyclic) bond motifs is 5. The zero-order chi connectivity index (χ0) is 47.7. The smallest absolute Gasteiger partial charge is 0.359 e. The maximum absolute atomic E-state index is 13.9. The second-order valence-electron chi connectivity index (χ2n) is 18.9. The summed E-state index contributed by atoms with van der Waals surface area (Å²) in [6.07, 6.45) is 25.9. The Hall–Kier alpha value is -5.06. The largest absolute Gasteiger partial charge is 0.487 e. The number of esters is 2. The molecule has 372 valence electrons. The highest BCUT2D eigenvalue weighted by molar-refractivity contribution is 6.11. The van der Waals surface area contributed by atoms with Gasteiger partial charge in [-0.2, -0.15) is 0 Å². The minimum atomic E-state index is -0.392. The van der Waals surface area contributed by atoms with Crippen molar-refractivity contribution in [1.29, 1.82) is 0 Å². The number of benzene rings is 2. The predicted molar refractivity (Wildman–Crippen MR) is 274 cm³/mol. The van der Waals surface area contributed by atoms with E-state index < -0.39 is 11.9 Å². The number of nitrogens with zero attached hydrogens (tertiary/aromatic N) is 3. The Bertz CT molecular complexity index is 2240. The van der Waals surface area contributed by atoms with E-state index in [1.807, 2.05) is 13.8 Å². The van der Waals surface area contributed by atoms with Crippen molar-refractivity contribution in [3.05, 3.63) is 47.8 Å². The molecule has 11 heteroatoms. The molecule has 11 nitrogen and oxygen atoms in total. The Morgan fingerprint density at radius 2 is 0.809 bits per heavy atom. The van der Waals surface area contributed by atoms with Gasteiger partial charge in [-0.05, 0) is 51.0 Å². The summed E-state index contributed by atoms with van der Waals surface area (Å²) in [7, 11) is 2.11. The van der Waals surface area contributed by atoms with Gasteiger partial charge in [0.05, 0.1) is 51.0 Å². The van der Waals surface area contributed by atoms with Gasteiger partial charge >= 0.3 is 11.9 Å². The van der Waals surface area contributed by atoms with Gasteiger partial charge in [-0.15, -0.1) is 0 Å². The number of hydrogen-bond acceptors (Lipinski definition) is 8. The Labute approximate surface area is 406 Å². The van der Waals surface area contributed by atoms with Crippen molar-refractivity contribution >= 4 is 33.7 Å². The first-order valence-electron chi connectivity index (χ1n) is 26.8. The quantitative estimate of drug-likeness (QED) is 0.0361. The lowest BCUT2D eigenvalue weighted by Gasteiger charge is -2.15. The minimum absolute atomic E-state index is 0.266. The summed E-state index contributed by atoms with van der Waals surface area (Å²) in [5.41, 5.74) is 6.59. The lowest BCUT2D eigenvalue weighted by atomic mass is 10.0. The van der Waals surface area contributed by atoms with E-state index >= 15 is 0 Å². The van der Waals surface area contributed by atoms with Gasteiger partial charge in [0.2, 0.25) is 0 Å². The summed E-state index contributed by atoms with van der Waals surface area (Å²) in [6, 6.07) is 13.1. The monoisotopic (exact) mass is 936 g/mol. The zero-order valence-corrected chi connectivity index (χ0v) is 42.3. The van der Waals surface area contributed by atoms with Gasteiger partial charge in [0.25, 0.3) is 0 Å². The highest BCUT2D eigenvalue weighted by atomic mass is 16.6. The molecule has 0 bridgehead atoms. The van der Waals surface area contributed by atoms with Crippen molar-refractivity contribution in [3.8, 4) is 45.5 Å². The van der Waals surface area contributed by atoms with Gasteiger partial charge in [0.15, 0.2) is 34.4 Å². The molecule has 0 atom stereocenters. The number of aryl methyl sites for hydroxylation is 1. The first-order chi connectivity index (χ1) is 33.4. The molecule has 0 saturated heterocycles. The van der Waals surface area contributed by atoms with Gasteiger partial charge in [-0.3, -0.25) is 0 Å². The molecule has 7 rings (SSSR count). The van der Waals surface area contributed by atoms with Crippen LogP contribution in [0, 0.1) is 0 Å². The molecule has 0 saturated carbocycles. The van der Waals surface area contributed by atoms with Gasteiger partial charge in [0, 0.05) is 65.9 Å². The third-order valence-electron chi connectivity index (χ3n) is 13.9. The van der Waals surface area contributed by atoms with Crippen LogP contribution in [-0.4, -0.2) is 65.3 Å². The highest BCUT2D eigenvalue weighted by Gasteiger charge is 2.35. The SMILES string of the molecule is CCCCCCCCCCCCn1c(C(=O)OCC)c2c(c1-c1ccc3c(c1)c1cc(-c4c5c(c(C(=O)OCC)n4CCCCCCCCCCCC)OCCCO5)ccc1n3C)OCCCO2. The van der Waals surface area contributed by atoms with E-state index in [-0.39, 0.29) is 13.2 Å². The fourth-order valence-electron chi connectivity index (χ4n) is 10.3. The number of carbonyl (C=O) groups is 2. The van der Waals surface area contributed by atoms with Crippen molar-refractivity contribution in [2.45, 2.75) is 182 Å². The molecule has 0 aliphatic carbocycles. The van der Waals surface area contributed by atoms with Crippen LogP contribution in [0.15, 0.2) is 36.4 Å². The maximum Gasteiger partial charge on any atom is 0.359 e. The van der Waals surface area contributed by atoms with Gasteiger partial charge in [-0.1, -0.05) is 142 Å². The minimum Gasteiger partial charge on any atom is -0.487 e. The fourth-order valence-corrected chi connectivity index (χ4v) is 10.3. The summed E-state index contributed by atoms with van der Waals surface area (Å²) >= 11 is 0. The van der Waals surface area contributed by atoms with Crippen LogP contribution in [0.2, 0.25) is 0 Å². The summed E-state index contributed by atoms with van der Waals surface area (Å²) in [5.74, 6) is 1.38. The Balaban J connectivity index is 1.25. The van der Waals surface area contributed by atoms with Crippen LogP contribution in [0.1, 0.15) is 190 Å². The lowest BCUT2D eigenvalue weighted by Crippen LogP contribution is -2.15. The molecule has 0 spiro atoms. The predicted octanol–water partition coefficient (Wildman–Crippen LogP) is 14.8. The molecule has 0 amide bonds. The van der Waals surface area contributed by atoms with Crippen LogP contribution in [-0.2, 0) is 29.6 Å². The van der Waals surface area contributed by atoms with Gasteiger partial charge in [0.1, 0.15) is 0 Å². The summed E-state index contributed by atoms with van der Waals surface area (Å²) in [6.45, 7) is 11.9. The average molecular weight is 936 g/mol. The van der Waals surface area contributed by atoms with E-state index in [0.717, 1.165) is 82.8 Å². The third kappa shape index (κ3) is 12.0. The van der Waals surface area contributed by atoms with Crippen molar-refractivity contribution in [3.63, 3.8) is 0 Å². The molecule has 0 unspecified atom stereocenters. The van der Waals surface area contributed by atoms with Crippen LogP contribution in [0.3, 0.4) is 0 Å². The molecule has 5 heterocycles. The first kappa shape index (κ1) is 50.8. The van der Waals surface area contributed by atoms with Crippen LogP contribution >= 0.6 is 0 Å². The zero-order valence-electron chi connectivity index (χ0n) is 42.3. The second kappa shape index (κ2) is 26.1. The number of ether oxygens (including phenoxy) is 6. The third-order valence-corrected chi connectivity index (χ3v) is 13.9.